The normalized spacial score (nSPS) is 11.2. The van der Waals surface area contributed by atoms with Crippen LogP contribution in [-0.4, -0.2) is 28.0 Å². The molecule has 2 aromatic carbocycles. The van der Waals surface area contributed by atoms with Gasteiger partial charge in [0.05, 0.1) is 23.6 Å². The highest BCUT2D eigenvalue weighted by Gasteiger charge is 2.16. The molecule has 134 valence electrons. The number of aryl methyl sites for hydroxylation is 2. The molecule has 0 fully saturated rings. The Morgan fingerprint density at radius 3 is 2.44 bits per heavy atom. The summed E-state index contributed by atoms with van der Waals surface area (Å²) in [5, 5.41) is 2.92. The van der Waals surface area contributed by atoms with Crippen LogP contribution in [0, 0.1) is 13.8 Å². The Bertz CT molecular complexity index is 898. The molecule has 1 amide bonds. The van der Waals surface area contributed by atoms with Crippen LogP contribution in [0.4, 0.5) is 5.69 Å². The van der Waals surface area contributed by atoms with Crippen molar-refractivity contribution >= 4 is 33.2 Å². The van der Waals surface area contributed by atoms with Crippen LogP contribution >= 0.6 is 11.6 Å². The number of ether oxygens (including phenoxy) is 1. The number of methoxy groups -OCH3 is 1. The van der Waals surface area contributed by atoms with Crippen molar-refractivity contribution in [2.45, 2.75) is 18.7 Å². The highest BCUT2D eigenvalue weighted by Crippen LogP contribution is 2.27. The SMILES string of the molecule is COc1ccc(NC(=O)CNS(=O)(=O)c2ccc(C)c(C)c2)cc1Cl. The Morgan fingerprint density at radius 2 is 1.84 bits per heavy atom. The van der Waals surface area contributed by atoms with E-state index in [9.17, 15) is 13.2 Å². The molecule has 2 aromatic rings. The minimum Gasteiger partial charge on any atom is -0.495 e. The fraction of sp³-hybridized carbons (Fsp3) is 0.235. The monoisotopic (exact) mass is 382 g/mol. The number of rotatable bonds is 6. The van der Waals surface area contributed by atoms with Crippen molar-refractivity contribution in [3.63, 3.8) is 0 Å². The lowest BCUT2D eigenvalue weighted by molar-refractivity contribution is -0.115. The van der Waals surface area contributed by atoms with Crippen molar-refractivity contribution in [2.75, 3.05) is 19.0 Å². The summed E-state index contributed by atoms with van der Waals surface area (Å²) in [6.07, 6.45) is 0. The summed E-state index contributed by atoms with van der Waals surface area (Å²) in [6.45, 7) is 3.33. The topological polar surface area (TPSA) is 84.5 Å². The fourth-order valence-electron chi connectivity index (χ4n) is 2.07. The molecular weight excluding hydrogens is 364 g/mol. The molecule has 8 heteroatoms. The first-order chi connectivity index (χ1) is 11.7. The van der Waals surface area contributed by atoms with Gasteiger partial charge in [0.15, 0.2) is 0 Å². The molecule has 0 unspecified atom stereocenters. The Balaban J connectivity index is 2.01. The molecule has 0 atom stereocenters. The van der Waals surface area contributed by atoms with Crippen LogP contribution in [-0.2, 0) is 14.8 Å². The largest absolute Gasteiger partial charge is 0.495 e. The number of carbonyl (C=O) groups excluding carboxylic acids is 1. The molecular formula is C17H19ClN2O4S. The van der Waals surface area contributed by atoms with E-state index in [4.69, 9.17) is 16.3 Å². The van der Waals surface area contributed by atoms with Gasteiger partial charge in [-0.05, 0) is 55.3 Å². The number of nitrogens with one attached hydrogen (secondary N) is 2. The molecule has 6 nitrogen and oxygen atoms in total. The van der Waals surface area contributed by atoms with E-state index in [1.165, 1.54) is 19.2 Å². The van der Waals surface area contributed by atoms with Gasteiger partial charge in [0.2, 0.25) is 15.9 Å². The number of carbonyl (C=O) groups is 1. The van der Waals surface area contributed by atoms with Crippen LogP contribution in [0.3, 0.4) is 0 Å². The van der Waals surface area contributed by atoms with E-state index < -0.39 is 15.9 Å². The molecule has 2 rings (SSSR count). The molecule has 0 saturated carbocycles. The van der Waals surface area contributed by atoms with E-state index in [0.717, 1.165) is 11.1 Å². The predicted molar refractivity (Wildman–Crippen MR) is 97.7 cm³/mol. The molecule has 0 spiro atoms. The van der Waals surface area contributed by atoms with Crippen LogP contribution in [0.1, 0.15) is 11.1 Å². The van der Waals surface area contributed by atoms with Crippen LogP contribution < -0.4 is 14.8 Å². The van der Waals surface area contributed by atoms with Crippen molar-refractivity contribution in [1.82, 2.24) is 4.72 Å². The lowest BCUT2D eigenvalue weighted by Gasteiger charge is -2.10. The average Bonchev–Trinajstić information content (AvgIpc) is 2.56. The summed E-state index contributed by atoms with van der Waals surface area (Å²) < 4.78 is 31.8. The molecule has 0 aromatic heterocycles. The van der Waals surface area contributed by atoms with Gasteiger partial charge in [-0.2, -0.15) is 0 Å². The summed E-state index contributed by atoms with van der Waals surface area (Å²) in [4.78, 5) is 12.1. The molecule has 0 aliphatic heterocycles. The molecule has 0 radical (unpaired) electrons. The van der Waals surface area contributed by atoms with Gasteiger partial charge in [0.1, 0.15) is 5.75 Å². The summed E-state index contributed by atoms with van der Waals surface area (Å²) in [5.41, 5.74) is 2.30. The standard InChI is InChI=1S/C17H19ClN2O4S/c1-11-4-6-14(8-12(11)2)25(22,23)19-10-17(21)20-13-5-7-16(24-3)15(18)9-13/h4-9,19H,10H2,1-3H3,(H,20,21). The van der Waals surface area contributed by atoms with Gasteiger partial charge in [0.25, 0.3) is 0 Å². The number of hydrogen-bond donors (Lipinski definition) is 2. The first kappa shape index (κ1) is 19.2. The number of hydrogen-bond acceptors (Lipinski definition) is 4. The van der Waals surface area contributed by atoms with Gasteiger partial charge >= 0.3 is 0 Å². The summed E-state index contributed by atoms with van der Waals surface area (Å²) in [7, 11) is -2.28. The van der Waals surface area contributed by atoms with E-state index in [1.54, 1.807) is 24.3 Å². The third-order valence-corrected chi connectivity index (χ3v) is 5.34. The molecule has 0 aliphatic carbocycles. The maximum atomic E-state index is 12.3. The second-order valence-corrected chi connectivity index (χ2v) is 7.64. The molecule has 0 aliphatic rings. The third kappa shape index (κ3) is 4.94. The molecule has 2 N–H and O–H groups in total. The minimum atomic E-state index is -3.76. The van der Waals surface area contributed by atoms with Crippen molar-refractivity contribution in [3.05, 3.63) is 52.5 Å². The average molecular weight is 383 g/mol. The van der Waals surface area contributed by atoms with Gasteiger partial charge in [-0.3, -0.25) is 4.79 Å². The second kappa shape index (κ2) is 7.86. The van der Waals surface area contributed by atoms with Crippen LogP contribution in [0.5, 0.6) is 5.75 Å². The number of amides is 1. The van der Waals surface area contributed by atoms with E-state index in [1.807, 2.05) is 13.8 Å². The van der Waals surface area contributed by atoms with Crippen molar-refractivity contribution < 1.29 is 17.9 Å². The first-order valence-corrected chi connectivity index (χ1v) is 9.29. The molecule has 0 bridgehead atoms. The van der Waals surface area contributed by atoms with Crippen LogP contribution in [0.15, 0.2) is 41.3 Å². The quantitative estimate of drug-likeness (QED) is 0.804. The number of halogens is 1. The maximum absolute atomic E-state index is 12.3. The first-order valence-electron chi connectivity index (χ1n) is 7.43. The van der Waals surface area contributed by atoms with Gasteiger partial charge in [-0.1, -0.05) is 17.7 Å². The van der Waals surface area contributed by atoms with E-state index >= 15 is 0 Å². The Kier molecular flexibility index (Phi) is 6.05. The van der Waals surface area contributed by atoms with Crippen molar-refractivity contribution in [3.8, 4) is 5.75 Å². The molecule has 0 saturated heterocycles. The Morgan fingerprint density at radius 1 is 1.12 bits per heavy atom. The fourth-order valence-corrected chi connectivity index (χ4v) is 3.40. The number of benzene rings is 2. The van der Waals surface area contributed by atoms with Gasteiger partial charge in [0, 0.05) is 5.69 Å². The molecule has 0 heterocycles. The van der Waals surface area contributed by atoms with Crippen LogP contribution in [0.25, 0.3) is 0 Å². The number of sulfonamides is 1. The predicted octanol–water partition coefficient (Wildman–Crippen LogP) is 2.88. The Labute approximate surface area is 152 Å². The molecule has 25 heavy (non-hydrogen) atoms. The number of anilines is 1. The van der Waals surface area contributed by atoms with Gasteiger partial charge in [-0.15, -0.1) is 0 Å². The van der Waals surface area contributed by atoms with Crippen LogP contribution in [0.2, 0.25) is 5.02 Å². The summed E-state index contributed by atoms with van der Waals surface area (Å²) >= 11 is 5.98. The zero-order valence-electron chi connectivity index (χ0n) is 14.1. The zero-order chi connectivity index (χ0) is 18.6. The highest BCUT2D eigenvalue weighted by molar-refractivity contribution is 7.89. The van der Waals surface area contributed by atoms with Gasteiger partial charge < -0.3 is 10.1 Å². The van der Waals surface area contributed by atoms with Gasteiger partial charge in [-0.25, -0.2) is 13.1 Å². The smallest absolute Gasteiger partial charge is 0.241 e. The second-order valence-electron chi connectivity index (χ2n) is 5.47. The summed E-state index contributed by atoms with van der Waals surface area (Å²) in [6, 6.07) is 9.54. The summed E-state index contributed by atoms with van der Waals surface area (Å²) in [5.74, 6) is -0.0243. The Hall–Kier alpha value is -2.09. The van der Waals surface area contributed by atoms with E-state index in [2.05, 4.69) is 10.0 Å². The lowest BCUT2D eigenvalue weighted by atomic mass is 10.1. The lowest BCUT2D eigenvalue weighted by Crippen LogP contribution is -2.33. The van der Waals surface area contributed by atoms with E-state index in [0.29, 0.717) is 16.5 Å². The van der Waals surface area contributed by atoms with Crippen molar-refractivity contribution in [2.24, 2.45) is 0 Å². The minimum absolute atomic E-state index is 0.121. The third-order valence-electron chi connectivity index (χ3n) is 3.65. The highest BCUT2D eigenvalue weighted by atomic mass is 35.5. The van der Waals surface area contributed by atoms with E-state index in [-0.39, 0.29) is 11.4 Å². The van der Waals surface area contributed by atoms with Crippen molar-refractivity contribution in [1.29, 1.82) is 0 Å². The maximum Gasteiger partial charge on any atom is 0.241 e. The zero-order valence-corrected chi connectivity index (χ0v) is 15.7.